The summed E-state index contributed by atoms with van der Waals surface area (Å²) in [6.45, 7) is 3.96. The molecule has 0 amide bonds. The number of hydrogen-bond donors (Lipinski definition) is 0. The number of benzene rings is 2. The lowest BCUT2D eigenvalue weighted by Crippen LogP contribution is -2.06. The van der Waals surface area contributed by atoms with Crippen LogP contribution in [0.1, 0.15) is 42.2 Å². The van der Waals surface area contributed by atoms with E-state index in [9.17, 15) is 4.79 Å². The maximum absolute atomic E-state index is 12.1. The van der Waals surface area contributed by atoms with E-state index >= 15 is 0 Å². The van der Waals surface area contributed by atoms with Gasteiger partial charge < -0.3 is 0 Å². The van der Waals surface area contributed by atoms with Crippen LogP contribution in [-0.4, -0.2) is 11.5 Å². The topological polar surface area (TPSA) is 29.4 Å². The summed E-state index contributed by atoms with van der Waals surface area (Å²) in [5.74, 6) is 0.118. The molecule has 2 nitrogen and oxygen atoms in total. The highest BCUT2D eigenvalue weighted by molar-refractivity contribution is 6.09. The number of hydrogen-bond acceptors (Lipinski definition) is 2. The maximum atomic E-state index is 12.1. The molecule has 0 N–H and O–H groups in total. The van der Waals surface area contributed by atoms with Gasteiger partial charge in [-0.25, -0.2) is 0 Å². The minimum Gasteiger partial charge on any atom is -0.294 e. The van der Waals surface area contributed by atoms with Crippen molar-refractivity contribution in [2.75, 3.05) is 0 Å². The van der Waals surface area contributed by atoms with Crippen molar-refractivity contribution < 1.29 is 4.79 Å². The molecule has 20 heavy (non-hydrogen) atoms. The zero-order valence-corrected chi connectivity index (χ0v) is 11.9. The second-order valence-corrected chi connectivity index (χ2v) is 4.92. The summed E-state index contributed by atoms with van der Waals surface area (Å²) in [5, 5.41) is 0. The summed E-state index contributed by atoms with van der Waals surface area (Å²) >= 11 is 0. The molecule has 2 rings (SSSR count). The van der Waals surface area contributed by atoms with Crippen molar-refractivity contribution in [3.8, 4) is 0 Å². The van der Waals surface area contributed by atoms with Crippen molar-refractivity contribution in [1.82, 2.24) is 0 Å². The van der Waals surface area contributed by atoms with Gasteiger partial charge in [-0.15, -0.1) is 0 Å². The smallest absolute Gasteiger partial charge is 0.168 e. The summed E-state index contributed by atoms with van der Waals surface area (Å²) in [4.78, 5) is 16.7. The highest BCUT2D eigenvalue weighted by Crippen LogP contribution is 2.17. The van der Waals surface area contributed by atoms with Gasteiger partial charge in [0.1, 0.15) is 0 Å². The Kier molecular flexibility index (Phi) is 4.83. The molecular formula is C18H19NO. The first-order chi connectivity index (χ1) is 9.66. The van der Waals surface area contributed by atoms with E-state index in [4.69, 9.17) is 0 Å². The Morgan fingerprint density at radius 1 is 1.00 bits per heavy atom. The molecule has 0 unspecified atom stereocenters. The molecule has 2 aromatic carbocycles. The Hall–Kier alpha value is -2.22. The fraction of sp³-hybridized carbons (Fsp3) is 0.222. The first-order valence-corrected chi connectivity index (χ1v) is 6.83. The van der Waals surface area contributed by atoms with Crippen molar-refractivity contribution >= 4 is 11.5 Å². The van der Waals surface area contributed by atoms with Crippen LogP contribution >= 0.6 is 0 Å². The van der Waals surface area contributed by atoms with Crippen molar-refractivity contribution in [3.05, 3.63) is 71.8 Å². The largest absolute Gasteiger partial charge is 0.294 e. The number of rotatable bonds is 5. The maximum Gasteiger partial charge on any atom is 0.168 e. The van der Waals surface area contributed by atoms with Gasteiger partial charge >= 0.3 is 0 Å². The van der Waals surface area contributed by atoms with Gasteiger partial charge in [0.25, 0.3) is 0 Å². The third-order valence-electron chi connectivity index (χ3n) is 3.21. The van der Waals surface area contributed by atoms with E-state index < -0.39 is 0 Å². The predicted octanol–water partition coefficient (Wildman–Crippen LogP) is 4.48. The van der Waals surface area contributed by atoms with Crippen LogP contribution in [0.3, 0.4) is 0 Å². The minimum atomic E-state index is 0.0831. The lowest BCUT2D eigenvalue weighted by atomic mass is 10.1. The summed E-state index contributed by atoms with van der Waals surface area (Å²) in [7, 11) is 0. The molecular weight excluding hydrogens is 246 g/mol. The fourth-order valence-corrected chi connectivity index (χ4v) is 2.14. The van der Waals surface area contributed by atoms with Gasteiger partial charge in [-0.1, -0.05) is 60.7 Å². The zero-order valence-electron chi connectivity index (χ0n) is 11.9. The molecule has 0 radical (unpaired) electrons. The summed E-state index contributed by atoms with van der Waals surface area (Å²) in [6, 6.07) is 19.6. The van der Waals surface area contributed by atoms with E-state index in [1.807, 2.05) is 62.4 Å². The molecule has 0 spiro atoms. The highest BCUT2D eigenvalue weighted by Gasteiger charge is 2.08. The molecule has 2 heteroatoms. The Bertz CT molecular complexity index is 587. The van der Waals surface area contributed by atoms with Gasteiger partial charge in [0, 0.05) is 17.7 Å². The van der Waals surface area contributed by atoms with E-state index in [-0.39, 0.29) is 11.8 Å². The van der Waals surface area contributed by atoms with Crippen LogP contribution in [0.25, 0.3) is 0 Å². The van der Waals surface area contributed by atoms with Crippen LogP contribution in [0.2, 0.25) is 0 Å². The Morgan fingerprint density at radius 3 is 2.15 bits per heavy atom. The summed E-state index contributed by atoms with van der Waals surface area (Å²) < 4.78 is 0. The van der Waals surface area contributed by atoms with Gasteiger partial charge in [-0.3, -0.25) is 9.79 Å². The first kappa shape index (κ1) is 14.2. The normalized spacial score (nSPS) is 13.0. The number of carbonyl (C=O) groups is 1. The van der Waals surface area contributed by atoms with Crippen molar-refractivity contribution in [2.24, 2.45) is 4.99 Å². The lowest BCUT2D eigenvalue weighted by Gasteiger charge is -2.08. The predicted molar refractivity (Wildman–Crippen MR) is 83.4 cm³/mol. The quantitative estimate of drug-likeness (QED) is 0.579. The first-order valence-electron chi connectivity index (χ1n) is 6.83. The van der Waals surface area contributed by atoms with E-state index in [0.717, 1.165) is 11.3 Å². The summed E-state index contributed by atoms with van der Waals surface area (Å²) in [6.07, 6.45) is 0.376. The fourth-order valence-electron chi connectivity index (χ4n) is 2.14. The minimum absolute atomic E-state index is 0.0831. The standard InChI is InChI=1S/C18H19NO/c1-14(13-18(20)17-11-7-4-8-12-17)19-15(2)16-9-5-3-6-10-16/h3-12,15H,13H2,1-2H3/t15-/m0/s1. The zero-order chi connectivity index (χ0) is 14.4. The lowest BCUT2D eigenvalue weighted by molar-refractivity contribution is 0.100. The molecule has 102 valence electrons. The Labute approximate surface area is 120 Å². The average molecular weight is 265 g/mol. The van der Waals surface area contributed by atoms with Crippen LogP contribution in [0, 0.1) is 0 Å². The third kappa shape index (κ3) is 3.89. The number of ketones is 1. The van der Waals surface area contributed by atoms with Gasteiger partial charge in [0.05, 0.1) is 6.04 Å². The van der Waals surface area contributed by atoms with Crippen LogP contribution in [0.4, 0.5) is 0 Å². The molecule has 0 aliphatic heterocycles. The van der Waals surface area contributed by atoms with Gasteiger partial charge in [-0.05, 0) is 19.4 Å². The van der Waals surface area contributed by atoms with Crippen molar-refractivity contribution in [2.45, 2.75) is 26.3 Å². The van der Waals surface area contributed by atoms with Crippen LogP contribution < -0.4 is 0 Å². The van der Waals surface area contributed by atoms with E-state index in [1.165, 1.54) is 5.56 Å². The van der Waals surface area contributed by atoms with Crippen molar-refractivity contribution in [1.29, 1.82) is 0 Å². The SMILES string of the molecule is CC(CC(=O)c1ccccc1)=N[C@@H](C)c1ccccc1. The number of carbonyl (C=O) groups excluding carboxylic acids is 1. The Balaban J connectivity index is 2.03. The molecule has 0 aliphatic carbocycles. The van der Waals surface area contributed by atoms with E-state index in [1.54, 1.807) is 0 Å². The number of Topliss-reactive ketones (excluding diaryl/α,β-unsaturated/α-hetero) is 1. The monoisotopic (exact) mass is 265 g/mol. The molecule has 0 fully saturated rings. The molecule has 0 bridgehead atoms. The van der Waals surface area contributed by atoms with Gasteiger partial charge in [0.15, 0.2) is 5.78 Å². The van der Waals surface area contributed by atoms with Crippen LogP contribution in [0.5, 0.6) is 0 Å². The van der Waals surface area contributed by atoms with Gasteiger partial charge in [0.2, 0.25) is 0 Å². The number of nitrogens with zero attached hydrogens (tertiary/aromatic N) is 1. The second kappa shape index (κ2) is 6.80. The van der Waals surface area contributed by atoms with Gasteiger partial charge in [-0.2, -0.15) is 0 Å². The van der Waals surface area contributed by atoms with E-state index in [0.29, 0.717) is 6.42 Å². The summed E-state index contributed by atoms with van der Waals surface area (Å²) in [5.41, 5.74) is 2.78. The molecule has 0 saturated heterocycles. The third-order valence-corrected chi connectivity index (χ3v) is 3.21. The Morgan fingerprint density at radius 2 is 1.55 bits per heavy atom. The average Bonchev–Trinajstić information content (AvgIpc) is 2.49. The van der Waals surface area contributed by atoms with E-state index in [2.05, 4.69) is 17.1 Å². The van der Waals surface area contributed by atoms with Crippen LogP contribution in [-0.2, 0) is 0 Å². The molecule has 0 aliphatic rings. The molecule has 0 saturated carbocycles. The second-order valence-electron chi connectivity index (χ2n) is 4.92. The number of aliphatic imine (C=N–C) groups is 1. The highest BCUT2D eigenvalue weighted by atomic mass is 16.1. The van der Waals surface area contributed by atoms with Crippen LogP contribution in [0.15, 0.2) is 65.7 Å². The molecule has 0 heterocycles. The molecule has 1 atom stereocenters. The molecule has 0 aromatic heterocycles. The molecule has 2 aromatic rings. The van der Waals surface area contributed by atoms with Crippen molar-refractivity contribution in [3.63, 3.8) is 0 Å².